The number of carboxylic acid groups (broad SMARTS) is 1. The Labute approximate surface area is 88.7 Å². The van der Waals surface area contributed by atoms with Gasteiger partial charge in [-0.15, -0.1) is 0 Å². The van der Waals surface area contributed by atoms with Crippen molar-refractivity contribution in [2.75, 3.05) is 0 Å². The largest absolute Gasteiger partial charge is 0.481 e. The number of carbonyl (C=O) groups is 1. The Morgan fingerprint density at radius 3 is 3.00 bits per heavy atom. The number of nitrogens with one attached hydrogen (secondary N) is 1. The Morgan fingerprint density at radius 1 is 1.60 bits per heavy atom. The number of nitrogens with zero attached hydrogens (tertiary/aromatic N) is 1. The molecule has 0 aromatic carbocycles. The fraction of sp³-hybridized carbons (Fsp3) is 0.636. The fourth-order valence-electron chi connectivity index (χ4n) is 2.21. The summed E-state index contributed by atoms with van der Waals surface area (Å²) in [6.45, 7) is 4.46. The van der Waals surface area contributed by atoms with Gasteiger partial charge in [-0.2, -0.15) is 5.10 Å². The average molecular weight is 208 g/mol. The van der Waals surface area contributed by atoms with Gasteiger partial charge in [0.15, 0.2) is 0 Å². The van der Waals surface area contributed by atoms with E-state index in [0.717, 1.165) is 30.5 Å². The zero-order chi connectivity index (χ0) is 11.1. The van der Waals surface area contributed by atoms with E-state index in [1.165, 1.54) is 0 Å². The number of hydrogen-bond acceptors (Lipinski definition) is 2. The molecule has 0 bridgehead atoms. The predicted octanol–water partition coefficient (Wildman–Crippen LogP) is 1.55. The minimum atomic E-state index is -0.811. The van der Waals surface area contributed by atoms with Gasteiger partial charge in [0.05, 0.1) is 12.1 Å². The van der Waals surface area contributed by atoms with Gasteiger partial charge < -0.3 is 5.11 Å². The molecule has 0 radical (unpaired) electrons. The van der Waals surface area contributed by atoms with Crippen molar-refractivity contribution in [3.8, 4) is 0 Å². The Balaban J connectivity index is 2.26. The molecule has 1 aliphatic carbocycles. The fourth-order valence-corrected chi connectivity index (χ4v) is 2.21. The Morgan fingerprint density at radius 2 is 2.33 bits per heavy atom. The first-order valence-electron chi connectivity index (χ1n) is 5.25. The maximum absolute atomic E-state index is 10.6. The molecule has 82 valence electrons. The number of rotatable bonds is 2. The van der Waals surface area contributed by atoms with Crippen molar-refractivity contribution in [2.24, 2.45) is 5.41 Å². The lowest BCUT2D eigenvalue weighted by Crippen LogP contribution is -2.22. The molecule has 1 heterocycles. The van der Waals surface area contributed by atoms with E-state index >= 15 is 0 Å². The van der Waals surface area contributed by atoms with E-state index in [-0.39, 0.29) is 6.42 Å². The highest BCUT2D eigenvalue weighted by molar-refractivity contribution is 5.70. The summed E-state index contributed by atoms with van der Waals surface area (Å²) in [5.74, 6) is -0.811. The van der Waals surface area contributed by atoms with Crippen molar-refractivity contribution in [1.29, 1.82) is 0 Å². The quantitative estimate of drug-likeness (QED) is 0.775. The molecule has 4 nitrogen and oxygen atoms in total. The van der Waals surface area contributed by atoms with Crippen LogP contribution in [0.5, 0.6) is 0 Å². The average Bonchev–Trinajstić information content (AvgIpc) is 2.45. The first-order chi connectivity index (χ1) is 6.98. The lowest BCUT2D eigenvalue weighted by atomic mass is 9.76. The van der Waals surface area contributed by atoms with Gasteiger partial charge in [0, 0.05) is 5.69 Å². The van der Waals surface area contributed by atoms with E-state index in [1.54, 1.807) is 0 Å². The molecular formula is C11H16N2O2. The minimum Gasteiger partial charge on any atom is -0.481 e. The SMILES string of the molecule is CC1(C)CCc2c(CC(=O)O)n[nH]c2C1. The second kappa shape index (κ2) is 3.36. The Bertz CT molecular complexity index is 393. The van der Waals surface area contributed by atoms with Crippen molar-refractivity contribution >= 4 is 5.97 Å². The molecule has 0 aliphatic heterocycles. The van der Waals surface area contributed by atoms with Gasteiger partial charge in [-0.1, -0.05) is 13.8 Å². The number of H-pyrrole nitrogens is 1. The van der Waals surface area contributed by atoms with E-state index in [1.807, 2.05) is 0 Å². The van der Waals surface area contributed by atoms with Crippen LogP contribution < -0.4 is 0 Å². The van der Waals surface area contributed by atoms with Crippen LogP contribution in [0.4, 0.5) is 0 Å². The molecule has 1 aliphatic rings. The van der Waals surface area contributed by atoms with Crippen molar-refractivity contribution in [3.05, 3.63) is 17.0 Å². The van der Waals surface area contributed by atoms with Crippen LogP contribution in [0.15, 0.2) is 0 Å². The van der Waals surface area contributed by atoms with Crippen LogP contribution in [-0.2, 0) is 24.1 Å². The summed E-state index contributed by atoms with van der Waals surface area (Å²) in [4.78, 5) is 10.6. The van der Waals surface area contributed by atoms with Crippen LogP contribution in [0.25, 0.3) is 0 Å². The topological polar surface area (TPSA) is 66.0 Å². The molecule has 1 aromatic rings. The molecule has 4 heteroatoms. The molecule has 0 spiro atoms. The number of aromatic nitrogens is 2. The van der Waals surface area contributed by atoms with Crippen molar-refractivity contribution in [1.82, 2.24) is 10.2 Å². The summed E-state index contributed by atoms with van der Waals surface area (Å²) in [5, 5.41) is 15.8. The molecule has 0 fully saturated rings. The van der Waals surface area contributed by atoms with E-state index in [0.29, 0.717) is 11.1 Å². The first kappa shape index (κ1) is 10.2. The van der Waals surface area contributed by atoms with Crippen LogP contribution in [0.1, 0.15) is 37.2 Å². The van der Waals surface area contributed by atoms with E-state index in [4.69, 9.17) is 5.11 Å². The van der Waals surface area contributed by atoms with Crippen LogP contribution >= 0.6 is 0 Å². The van der Waals surface area contributed by atoms with Crippen molar-refractivity contribution < 1.29 is 9.90 Å². The van der Waals surface area contributed by atoms with Gasteiger partial charge in [0.2, 0.25) is 0 Å². The number of hydrogen-bond donors (Lipinski definition) is 2. The number of aromatic amines is 1. The summed E-state index contributed by atoms with van der Waals surface area (Å²) in [6, 6.07) is 0. The molecule has 0 unspecified atom stereocenters. The van der Waals surface area contributed by atoms with Crippen molar-refractivity contribution in [2.45, 2.75) is 39.5 Å². The third kappa shape index (κ3) is 2.03. The summed E-state index contributed by atoms with van der Waals surface area (Å²) >= 11 is 0. The second-order valence-corrected chi connectivity index (χ2v) is 5.04. The Kier molecular flexibility index (Phi) is 2.29. The summed E-state index contributed by atoms with van der Waals surface area (Å²) < 4.78 is 0. The van der Waals surface area contributed by atoms with Gasteiger partial charge in [0.25, 0.3) is 0 Å². The van der Waals surface area contributed by atoms with Gasteiger partial charge in [-0.05, 0) is 30.2 Å². The highest BCUT2D eigenvalue weighted by atomic mass is 16.4. The maximum atomic E-state index is 10.6. The summed E-state index contributed by atoms with van der Waals surface area (Å²) in [5.41, 5.74) is 3.28. The number of aliphatic carboxylic acids is 1. The summed E-state index contributed by atoms with van der Waals surface area (Å²) in [7, 11) is 0. The molecule has 0 saturated carbocycles. The van der Waals surface area contributed by atoms with Crippen LogP contribution in [0, 0.1) is 5.41 Å². The van der Waals surface area contributed by atoms with Gasteiger partial charge >= 0.3 is 5.97 Å². The van der Waals surface area contributed by atoms with Crippen molar-refractivity contribution in [3.63, 3.8) is 0 Å². The first-order valence-corrected chi connectivity index (χ1v) is 5.25. The zero-order valence-corrected chi connectivity index (χ0v) is 9.13. The smallest absolute Gasteiger partial charge is 0.309 e. The molecule has 15 heavy (non-hydrogen) atoms. The zero-order valence-electron chi connectivity index (χ0n) is 9.13. The molecule has 2 rings (SSSR count). The number of fused-ring (bicyclic) bond motifs is 1. The standard InChI is InChI=1S/C11H16N2O2/c1-11(2)4-3-7-8(5-10(14)15)12-13-9(7)6-11/h3-6H2,1-2H3,(H,12,13)(H,14,15). The van der Waals surface area contributed by atoms with E-state index in [2.05, 4.69) is 24.0 Å². The van der Waals surface area contributed by atoms with Crippen LogP contribution in [-0.4, -0.2) is 21.3 Å². The normalized spacial score (nSPS) is 18.5. The minimum absolute atomic E-state index is 0.0340. The highest BCUT2D eigenvalue weighted by Gasteiger charge is 2.28. The molecule has 0 saturated heterocycles. The van der Waals surface area contributed by atoms with Gasteiger partial charge in [0.1, 0.15) is 0 Å². The molecule has 1 aromatic heterocycles. The molecule has 2 N–H and O–H groups in total. The monoisotopic (exact) mass is 208 g/mol. The third-order valence-corrected chi connectivity index (χ3v) is 3.06. The second-order valence-electron chi connectivity index (χ2n) is 5.04. The van der Waals surface area contributed by atoms with Gasteiger partial charge in [-0.25, -0.2) is 0 Å². The lowest BCUT2D eigenvalue weighted by Gasteiger charge is -2.28. The molecule has 0 atom stereocenters. The van der Waals surface area contributed by atoms with E-state index in [9.17, 15) is 4.79 Å². The van der Waals surface area contributed by atoms with Crippen LogP contribution in [0.3, 0.4) is 0 Å². The van der Waals surface area contributed by atoms with Crippen LogP contribution in [0.2, 0.25) is 0 Å². The molecule has 0 amide bonds. The van der Waals surface area contributed by atoms with E-state index < -0.39 is 5.97 Å². The lowest BCUT2D eigenvalue weighted by molar-refractivity contribution is -0.136. The number of carboxylic acids is 1. The predicted molar refractivity (Wildman–Crippen MR) is 55.7 cm³/mol. The Hall–Kier alpha value is -1.32. The van der Waals surface area contributed by atoms with Gasteiger partial charge in [-0.3, -0.25) is 9.89 Å². The third-order valence-electron chi connectivity index (χ3n) is 3.06. The maximum Gasteiger partial charge on any atom is 0.309 e. The molecular weight excluding hydrogens is 192 g/mol. The highest BCUT2D eigenvalue weighted by Crippen LogP contribution is 2.34. The summed E-state index contributed by atoms with van der Waals surface area (Å²) in [6.07, 6.45) is 3.05.